The minimum absolute atomic E-state index is 0.433. The van der Waals surface area contributed by atoms with Crippen molar-refractivity contribution in [1.29, 1.82) is 0 Å². The first-order valence-corrected chi connectivity index (χ1v) is 6.20. The Morgan fingerprint density at radius 2 is 2.06 bits per heavy atom. The highest BCUT2D eigenvalue weighted by atomic mass is 35.5. The van der Waals surface area contributed by atoms with Gasteiger partial charge in [-0.15, -0.1) is 0 Å². The molecule has 0 aliphatic heterocycles. The molecule has 0 radical (unpaired) electrons. The van der Waals surface area contributed by atoms with Crippen LogP contribution in [0.25, 0.3) is 0 Å². The average molecular weight is 246 g/mol. The van der Waals surface area contributed by atoms with E-state index in [4.69, 9.17) is 11.6 Å². The Kier molecular flexibility index (Phi) is 3.80. The summed E-state index contributed by atoms with van der Waals surface area (Å²) in [6.45, 7) is 4.31. The summed E-state index contributed by atoms with van der Waals surface area (Å²) >= 11 is 6.01. The van der Waals surface area contributed by atoms with Crippen LogP contribution in [-0.4, -0.2) is 4.98 Å². The van der Waals surface area contributed by atoms with Gasteiger partial charge in [-0.2, -0.15) is 0 Å². The Labute approximate surface area is 107 Å². The third-order valence-electron chi connectivity index (χ3n) is 3.04. The number of benzene rings is 1. The zero-order valence-electron chi connectivity index (χ0n) is 10.2. The van der Waals surface area contributed by atoms with Crippen molar-refractivity contribution in [2.24, 2.45) is 0 Å². The third-order valence-corrected chi connectivity index (χ3v) is 3.27. The summed E-state index contributed by atoms with van der Waals surface area (Å²) in [5.74, 6) is 0.433. The van der Waals surface area contributed by atoms with Crippen LogP contribution in [0.3, 0.4) is 0 Å². The van der Waals surface area contributed by atoms with Crippen molar-refractivity contribution >= 4 is 11.6 Å². The summed E-state index contributed by atoms with van der Waals surface area (Å²) in [6.07, 6.45) is 2.81. The normalized spacial score (nSPS) is 12.4. The summed E-state index contributed by atoms with van der Waals surface area (Å²) in [6, 6.07) is 12.1. The number of halogens is 1. The van der Waals surface area contributed by atoms with E-state index in [2.05, 4.69) is 31.0 Å². The van der Waals surface area contributed by atoms with E-state index >= 15 is 0 Å². The zero-order valence-corrected chi connectivity index (χ0v) is 10.9. The molecule has 1 heterocycles. The van der Waals surface area contributed by atoms with E-state index < -0.39 is 0 Å². The second-order valence-corrected chi connectivity index (χ2v) is 4.86. The molecule has 2 rings (SSSR count). The fourth-order valence-electron chi connectivity index (χ4n) is 1.95. The van der Waals surface area contributed by atoms with Gasteiger partial charge in [0.1, 0.15) is 0 Å². The fourth-order valence-corrected chi connectivity index (χ4v) is 2.15. The van der Waals surface area contributed by atoms with E-state index in [-0.39, 0.29) is 0 Å². The molecule has 0 amide bonds. The van der Waals surface area contributed by atoms with Crippen LogP contribution in [0.1, 0.15) is 29.7 Å². The Morgan fingerprint density at radius 1 is 1.24 bits per heavy atom. The summed E-state index contributed by atoms with van der Waals surface area (Å²) < 4.78 is 0. The smallest absolute Gasteiger partial charge is 0.0438 e. The summed E-state index contributed by atoms with van der Waals surface area (Å²) in [4.78, 5) is 4.43. The highest BCUT2D eigenvalue weighted by Crippen LogP contribution is 2.23. The lowest BCUT2D eigenvalue weighted by atomic mass is 9.95. The Bertz CT molecular complexity index is 508. The number of hydrogen-bond acceptors (Lipinski definition) is 1. The minimum atomic E-state index is 0.433. The van der Waals surface area contributed by atoms with Crippen molar-refractivity contribution in [3.8, 4) is 0 Å². The molecule has 0 aliphatic rings. The predicted octanol–water partition coefficient (Wildman–Crippen LogP) is 4.39. The molecule has 0 saturated carbocycles. The van der Waals surface area contributed by atoms with Gasteiger partial charge in [0.2, 0.25) is 0 Å². The van der Waals surface area contributed by atoms with Crippen LogP contribution >= 0.6 is 11.6 Å². The molecule has 1 atom stereocenters. The van der Waals surface area contributed by atoms with Crippen LogP contribution in [0.5, 0.6) is 0 Å². The fraction of sp³-hybridized carbons (Fsp3) is 0.267. The highest BCUT2D eigenvalue weighted by molar-refractivity contribution is 6.30. The second-order valence-electron chi connectivity index (χ2n) is 4.43. The lowest BCUT2D eigenvalue weighted by Gasteiger charge is -2.13. The van der Waals surface area contributed by atoms with Gasteiger partial charge in [-0.1, -0.05) is 36.7 Å². The molecule has 17 heavy (non-hydrogen) atoms. The first kappa shape index (κ1) is 12.1. The molecule has 2 aromatic rings. The molecular weight excluding hydrogens is 230 g/mol. The second kappa shape index (κ2) is 5.33. The van der Waals surface area contributed by atoms with Crippen LogP contribution in [0.2, 0.25) is 5.02 Å². The molecule has 0 aliphatic carbocycles. The van der Waals surface area contributed by atoms with Gasteiger partial charge in [-0.25, -0.2) is 0 Å². The number of rotatable bonds is 3. The average Bonchev–Trinajstić information content (AvgIpc) is 2.32. The van der Waals surface area contributed by atoms with E-state index in [0.717, 1.165) is 11.4 Å². The van der Waals surface area contributed by atoms with Crippen LogP contribution < -0.4 is 0 Å². The molecule has 2 heteroatoms. The maximum absolute atomic E-state index is 6.01. The SMILES string of the molecule is Cc1cccnc1CC(C)c1cccc(Cl)c1. The number of hydrogen-bond donors (Lipinski definition) is 0. The van der Waals surface area contributed by atoms with Crippen molar-refractivity contribution < 1.29 is 0 Å². The molecule has 0 N–H and O–H groups in total. The quantitative estimate of drug-likeness (QED) is 0.782. The summed E-state index contributed by atoms with van der Waals surface area (Å²) in [5.41, 5.74) is 3.68. The van der Waals surface area contributed by atoms with Crippen molar-refractivity contribution in [2.75, 3.05) is 0 Å². The van der Waals surface area contributed by atoms with Crippen molar-refractivity contribution in [3.05, 3.63) is 64.4 Å². The molecule has 1 aromatic heterocycles. The van der Waals surface area contributed by atoms with Gasteiger partial charge in [0.25, 0.3) is 0 Å². The first-order chi connectivity index (χ1) is 8.16. The maximum Gasteiger partial charge on any atom is 0.0438 e. The minimum Gasteiger partial charge on any atom is -0.261 e. The van der Waals surface area contributed by atoms with Gasteiger partial charge in [-0.3, -0.25) is 4.98 Å². The molecule has 0 bridgehead atoms. The van der Waals surface area contributed by atoms with Crippen LogP contribution in [0.15, 0.2) is 42.6 Å². The molecule has 1 unspecified atom stereocenters. The number of aryl methyl sites for hydroxylation is 1. The monoisotopic (exact) mass is 245 g/mol. The lowest BCUT2D eigenvalue weighted by molar-refractivity contribution is 0.736. The van der Waals surface area contributed by atoms with E-state index in [1.54, 1.807) is 0 Å². The Balaban J connectivity index is 2.17. The molecule has 0 saturated heterocycles. The van der Waals surface area contributed by atoms with Crippen molar-refractivity contribution in [1.82, 2.24) is 4.98 Å². The molecule has 1 aromatic carbocycles. The van der Waals surface area contributed by atoms with Crippen LogP contribution in [-0.2, 0) is 6.42 Å². The summed E-state index contributed by atoms with van der Waals surface area (Å²) in [5, 5.41) is 0.798. The van der Waals surface area contributed by atoms with E-state index in [9.17, 15) is 0 Å². The van der Waals surface area contributed by atoms with E-state index in [0.29, 0.717) is 5.92 Å². The number of aromatic nitrogens is 1. The Hall–Kier alpha value is -1.34. The third kappa shape index (κ3) is 3.07. The van der Waals surface area contributed by atoms with Gasteiger partial charge in [0, 0.05) is 16.9 Å². The Morgan fingerprint density at radius 3 is 2.76 bits per heavy atom. The zero-order chi connectivity index (χ0) is 12.3. The number of nitrogens with zero attached hydrogens (tertiary/aromatic N) is 1. The molecule has 0 spiro atoms. The summed E-state index contributed by atoms with van der Waals surface area (Å²) in [7, 11) is 0. The van der Waals surface area contributed by atoms with Crippen LogP contribution in [0, 0.1) is 6.92 Å². The molecular formula is C15H16ClN. The predicted molar refractivity (Wildman–Crippen MR) is 72.5 cm³/mol. The van der Waals surface area contributed by atoms with Gasteiger partial charge < -0.3 is 0 Å². The first-order valence-electron chi connectivity index (χ1n) is 5.83. The van der Waals surface area contributed by atoms with E-state index in [1.165, 1.54) is 16.8 Å². The number of pyridine rings is 1. The maximum atomic E-state index is 6.01. The molecule has 88 valence electrons. The molecule has 1 nitrogen and oxygen atoms in total. The van der Waals surface area contributed by atoms with Crippen LogP contribution in [0.4, 0.5) is 0 Å². The van der Waals surface area contributed by atoms with Crippen molar-refractivity contribution in [3.63, 3.8) is 0 Å². The van der Waals surface area contributed by atoms with Gasteiger partial charge in [0.05, 0.1) is 0 Å². The van der Waals surface area contributed by atoms with Gasteiger partial charge >= 0.3 is 0 Å². The largest absolute Gasteiger partial charge is 0.261 e. The van der Waals surface area contributed by atoms with Gasteiger partial charge in [0.15, 0.2) is 0 Å². The van der Waals surface area contributed by atoms with Gasteiger partial charge in [-0.05, 0) is 48.6 Å². The standard InChI is InChI=1S/C15H16ClN/c1-11-5-4-8-17-15(11)9-12(2)13-6-3-7-14(16)10-13/h3-8,10,12H,9H2,1-2H3. The van der Waals surface area contributed by atoms with E-state index in [1.807, 2.05) is 30.5 Å². The topological polar surface area (TPSA) is 12.9 Å². The van der Waals surface area contributed by atoms with Crippen molar-refractivity contribution in [2.45, 2.75) is 26.2 Å². The highest BCUT2D eigenvalue weighted by Gasteiger charge is 2.09. The lowest BCUT2D eigenvalue weighted by Crippen LogP contribution is -2.02. The molecule has 0 fully saturated rings.